The number of carboxylic acids is 1. The number of nitrogens with one attached hydrogen (secondary N) is 1. The molecule has 112 valence electrons. The van der Waals surface area contributed by atoms with Gasteiger partial charge in [0.15, 0.2) is 11.5 Å². The summed E-state index contributed by atoms with van der Waals surface area (Å²) < 4.78 is 9.81. The highest BCUT2D eigenvalue weighted by Gasteiger charge is 2.32. The lowest BCUT2D eigenvalue weighted by atomic mass is 9.89. The second-order valence-electron chi connectivity index (χ2n) is 4.62. The summed E-state index contributed by atoms with van der Waals surface area (Å²) in [5.74, 6) is -0.954. The first kappa shape index (κ1) is 16.2. The molecule has 0 unspecified atom stereocenters. The lowest BCUT2D eigenvalue weighted by Gasteiger charge is -2.30. The summed E-state index contributed by atoms with van der Waals surface area (Å²) >= 11 is 0. The standard InChI is InChI=1S/C13H20N2O5/c1-4-13(5-2,7-11(16)17)14-12(18)10-6-9(8-19-3)20-15-10/h6H,4-5,7-8H2,1-3H3,(H,14,18)(H,16,17). The summed E-state index contributed by atoms with van der Waals surface area (Å²) in [6, 6.07) is 1.48. The summed E-state index contributed by atoms with van der Waals surface area (Å²) in [4.78, 5) is 23.0. The molecule has 0 aliphatic carbocycles. The van der Waals surface area contributed by atoms with Gasteiger partial charge >= 0.3 is 5.97 Å². The molecule has 0 aliphatic heterocycles. The number of carbonyl (C=O) groups excluding carboxylic acids is 1. The quantitative estimate of drug-likeness (QED) is 0.751. The van der Waals surface area contributed by atoms with E-state index in [9.17, 15) is 9.59 Å². The molecule has 2 N–H and O–H groups in total. The Balaban J connectivity index is 2.81. The molecule has 1 heterocycles. The first-order chi connectivity index (χ1) is 9.46. The molecule has 0 bridgehead atoms. The minimum absolute atomic E-state index is 0.119. The fraction of sp³-hybridized carbons (Fsp3) is 0.615. The van der Waals surface area contributed by atoms with Crippen LogP contribution in [-0.2, 0) is 16.1 Å². The second-order valence-corrected chi connectivity index (χ2v) is 4.62. The maximum absolute atomic E-state index is 12.1. The molecule has 0 aromatic carbocycles. The van der Waals surface area contributed by atoms with E-state index in [-0.39, 0.29) is 18.7 Å². The number of amides is 1. The van der Waals surface area contributed by atoms with Crippen LogP contribution in [-0.4, -0.2) is 34.8 Å². The van der Waals surface area contributed by atoms with Gasteiger partial charge in [-0.25, -0.2) is 0 Å². The molecule has 0 saturated heterocycles. The van der Waals surface area contributed by atoms with Crippen molar-refractivity contribution < 1.29 is 24.0 Å². The van der Waals surface area contributed by atoms with Crippen LogP contribution in [0.4, 0.5) is 0 Å². The van der Waals surface area contributed by atoms with Gasteiger partial charge in [0.25, 0.3) is 5.91 Å². The van der Waals surface area contributed by atoms with E-state index in [1.54, 1.807) is 0 Å². The van der Waals surface area contributed by atoms with Crippen LogP contribution >= 0.6 is 0 Å². The molecule has 0 radical (unpaired) electrons. The van der Waals surface area contributed by atoms with Crippen molar-refractivity contribution in [3.8, 4) is 0 Å². The third-order valence-electron chi connectivity index (χ3n) is 3.30. The molecular weight excluding hydrogens is 264 g/mol. The van der Waals surface area contributed by atoms with Crippen LogP contribution < -0.4 is 5.32 Å². The monoisotopic (exact) mass is 284 g/mol. The van der Waals surface area contributed by atoms with E-state index >= 15 is 0 Å². The van der Waals surface area contributed by atoms with E-state index in [1.165, 1.54) is 13.2 Å². The van der Waals surface area contributed by atoms with E-state index in [2.05, 4.69) is 10.5 Å². The Morgan fingerprint density at radius 2 is 2.10 bits per heavy atom. The van der Waals surface area contributed by atoms with Crippen molar-refractivity contribution in [2.75, 3.05) is 7.11 Å². The molecule has 7 heteroatoms. The van der Waals surface area contributed by atoms with E-state index in [1.807, 2.05) is 13.8 Å². The molecular formula is C13H20N2O5. The van der Waals surface area contributed by atoms with Gasteiger partial charge in [0, 0.05) is 13.2 Å². The van der Waals surface area contributed by atoms with Gasteiger partial charge in [-0.2, -0.15) is 0 Å². The minimum Gasteiger partial charge on any atom is -0.481 e. The average Bonchev–Trinajstić information content (AvgIpc) is 2.86. The Labute approximate surface area is 117 Å². The first-order valence-corrected chi connectivity index (χ1v) is 6.45. The molecule has 0 saturated carbocycles. The van der Waals surface area contributed by atoms with E-state index < -0.39 is 17.4 Å². The molecule has 20 heavy (non-hydrogen) atoms. The van der Waals surface area contributed by atoms with Crippen LogP contribution in [0, 0.1) is 0 Å². The Morgan fingerprint density at radius 3 is 2.60 bits per heavy atom. The number of rotatable bonds is 8. The van der Waals surface area contributed by atoms with Crippen LogP contribution in [0.15, 0.2) is 10.6 Å². The van der Waals surface area contributed by atoms with Crippen LogP contribution in [0.1, 0.15) is 49.4 Å². The van der Waals surface area contributed by atoms with Crippen molar-refractivity contribution in [1.29, 1.82) is 0 Å². The summed E-state index contributed by atoms with van der Waals surface area (Å²) in [5.41, 5.74) is -0.655. The number of hydrogen-bond acceptors (Lipinski definition) is 5. The van der Waals surface area contributed by atoms with E-state index in [0.29, 0.717) is 18.6 Å². The highest BCUT2D eigenvalue weighted by Crippen LogP contribution is 2.20. The number of aromatic nitrogens is 1. The third-order valence-corrected chi connectivity index (χ3v) is 3.30. The number of hydrogen-bond donors (Lipinski definition) is 2. The van der Waals surface area contributed by atoms with Crippen LogP contribution in [0.25, 0.3) is 0 Å². The van der Waals surface area contributed by atoms with Gasteiger partial charge in [0.05, 0.1) is 12.0 Å². The Kier molecular flexibility index (Phi) is 5.69. The molecule has 0 spiro atoms. The topological polar surface area (TPSA) is 102 Å². The molecule has 0 aliphatic rings. The van der Waals surface area contributed by atoms with Crippen LogP contribution in [0.2, 0.25) is 0 Å². The summed E-state index contributed by atoms with van der Waals surface area (Å²) in [6.45, 7) is 3.90. The number of carboxylic acid groups (broad SMARTS) is 1. The summed E-state index contributed by atoms with van der Waals surface area (Å²) in [6.07, 6.45) is 0.906. The minimum atomic E-state index is -0.950. The van der Waals surface area contributed by atoms with Crippen molar-refractivity contribution in [2.24, 2.45) is 0 Å². The molecule has 7 nitrogen and oxygen atoms in total. The fourth-order valence-corrected chi connectivity index (χ4v) is 1.95. The van der Waals surface area contributed by atoms with Gasteiger partial charge in [0.2, 0.25) is 0 Å². The van der Waals surface area contributed by atoms with Gasteiger partial charge < -0.3 is 19.7 Å². The SMILES string of the molecule is CCC(CC)(CC(=O)O)NC(=O)c1cc(COC)on1. The Morgan fingerprint density at radius 1 is 1.45 bits per heavy atom. The molecule has 0 fully saturated rings. The zero-order valence-electron chi connectivity index (χ0n) is 11.9. The van der Waals surface area contributed by atoms with Crippen molar-refractivity contribution >= 4 is 11.9 Å². The van der Waals surface area contributed by atoms with Crippen LogP contribution in [0.3, 0.4) is 0 Å². The van der Waals surface area contributed by atoms with Crippen molar-refractivity contribution in [3.63, 3.8) is 0 Å². The lowest BCUT2D eigenvalue weighted by molar-refractivity contribution is -0.138. The predicted molar refractivity (Wildman–Crippen MR) is 70.2 cm³/mol. The van der Waals surface area contributed by atoms with Gasteiger partial charge in [-0.3, -0.25) is 9.59 Å². The summed E-state index contributed by atoms with van der Waals surface area (Å²) in [5, 5.41) is 15.4. The number of nitrogens with zero attached hydrogens (tertiary/aromatic N) is 1. The molecule has 1 amide bonds. The normalized spacial score (nSPS) is 11.3. The van der Waals surface area contributed by atoms with Crippen molar-refractivity contribution in [2.45, 2.75) is 45.3 Å². The molecule has 1 aromatic rings. The third kappa shape index (κ3) is 4.06. The Hall–Kier alpha value is -1.89. The second kappa shape index (κ2) is 7.04. The van der Waals surface area contributed by atoms with E-state index in [0.717, 1.165) is 0 Å². The maximum Gasteiger partial charge on any atom is 0.305 e. The highest BCUT2D eigenvalue weighted by molar-refractivity contribution is 5.93. The van der Waals surface area contributed by atoms with Crippen molar-refractivity contribution in [3.05, 3.63) is 17.5 Å². The molecule has 0 atom stereocenters. The van der Waals surface area contributed by atoms with Gasteiger partial charge in [0.1, 0.15) is 6.61 Å². The average molecular weight is 284 g/mol. The molecule has 1 rings (SSSR count). The van der Waals surface area contributed by atoms with Crippen LogP contribution in [0.5, 0.6) is 0 Å². The lowest BCUT2D eigenvalue weighted by Crippen LogP contribution is -2.49. The number of aliphatic carboxylic acids is 1. The van der Waals surface area contributed by atoms with Gasteiger partial charge in [-0.1, -0.05) is 19.0 Å². The maximum atomic E-state index is 12.1. The smallest absolute Gasteiger partial charge is 0.305 e. The van der Waals surface area contributed by atoms with Gasteiger partial charge in [-0.05, 0) is 12.8 Å². The first-order valence-electron chi connectivity index (χ1n) is 6.45. The summed E-state index contributed by atoms with van der Waals surface area (Å²) in [7, 11) is 1.51. The zero-order valence-corrected chi connectivity index (χ0v) is 11.9. The van der Waals surface area contributed by atoms with E-state index in [4.69, 9.17) is 14.4 Å². The molecule has 1 aromatic heterocycles. The Bertz CT molecular complexity index is 465. The largest absolute Gasteiger partial charge is 0.481 e. The predicted octanol–water partition coefficient (Wildman–Crippen LogP) is 1.58. The number of methoxy groups -OCH3 is 1. The van der Waals surface area contributed by atoms with Crippen molar-refractivity contribution in [1.82, 2.24) is 10.5 Å². The zero-order chi connectivity index (χ0) is 15.2. The number of carbonyl (C=O) groups is 2. The van der Waals surface area contributed by atoms with Gasteiger partial charge in [-0.15, -0.1) is 0 Å². The number of ether oxygens (including phenoxy) is 1. The fourth-order valence-electron chi connectivity index (χ4n) is 1.95. The highest BCUT2D eigenvalue weighted by atomic mass is 16.5.